The molecule has 0 bridgehead atoms. The molecule has 0 radical (unpaired) electrons. The summed E-state index contributed by atoms with van der Waals surface area (Å²) in [5.74, 6) is 1.92. The Morgan fingerprint density at radius 1 is 1.02 bits per heavy atom. The van der Waals surface area contributed by atoms with Crippen LogP contribution >= 0.6 is 0 Å². The Balaban J connectivity index is 1.23. The zero-order valence-corrected chi connectivity index (χ0v) is 26.3. The molecule has 43 heavy (non-hydrogen) atoms. The van der Waals surface area contributed by atoms with E-state index in [0.29, 0.717) is 46.5 Å². The Labute approximate surface area is 255 Å². The number of nitrogens with zero attached hydrogens (tertiary/aromatic N) is 5. The van der Waals surface area contributed by atoms with E-state index in [1.165, 1.54) is 43.2 Å². The number of methoxy groups -OCH3 is 1. The summed E-state index contributed by atoms with van der Waals surface area (Å²) in [7, 11) is -2.46. The van der Waals surface area contributed by atoms with Crippen molar-refractivity contribution in [3.63, 3.8) is 0 Å². The maximum absolute atomic E-state index is 14.4. The predicted molar refractivity (Wildman–Crippen MR) is 168 cm³/mol. The molecule has 3 aromatic rings. The average Bonchev–Trinajstić information content (AvgIpc) is 3.68. The van der Waals surface area contributed by atoms with Crippen LogP contribution in [0.2, 0.25) is 0 Å². The molecule has 3 aliphatic heterocycles. The van der Waals surface area contributed by atoms with Crippen LogP contribution in [0, 0.1) is 19.8 Å². The van der Waals surface area contributed by atoms with Gasteiger partial charge in [-0.2, -0.15) is 0 Å². The number of ether oxygens (including phenoxy) is 1. The fraction of sp³-hybridized carbons (Fsp3) is 0.515. The predicted octanol–water partition coefficient (Wildman–Crippen LogP) is 4.66. The smallest absolute Gasteiger partial charge is 0.265 e. The second-order valence-corrected chi connectivity index (χ2v) is 14.0. The fourth-order valence-corrected chi connectivity index (χ4v) is 9.25. The lowest BCUT2D eigenvalue weighted by Gasteiger charge is -2.33. The molecule has 0 spiro atoms. The van der Waals surface area contributed by atoms with Gasteiger partial charge in [0.1, 0.15) is 11.9 Å². The van der Waals surface area contributed by atoms with Crippen LogP contribution in [0.25, 0.3) is 0 Å². The maximum atomic E-state index is 14.4. The van der Waals surface area contributed by atoms with Crippen molar-refractivity contribution in [1.29, 1.82) is 0 Å². The van der Waals surface area contributed by atoms with Crippen LogP contribution in [0.15, 0.2) is 53.6 Å². The SMILES string of the molecule is COc1cc(C)c(S(=O)(=O)N2c3ccccc3C[C@H]2C(O)c2ccnc(N3CCC(CCN4CCCC4)CC3)n2)c(C)c1. The van der Waals surface area contributed by atoms with E-state index in [1.54, 1.807) is 45.4 Å². The molecule has 2 saturated heterocycles. The number of aryl methyl sites for hydroxylation is 2. The van der Waals surface area contributed by atoms with E-state index in [-0.39, 0.29) is 4.90 Å². The van der Waals surface area contributed by atoms with Crippen LogP contribution in [-0.2, 0) is 16.4 Å². The maximum Gasteiger partial charge on any atom is 0.265 e. The Kier molecular flexibility index (Phi) is 8.62. The van der Waals surface area contributed by atoms with Crippen LogP contribution in [0.4, 0.5) is 11.6 Å². The largest absolute Gasteiger partial charge is 0.497 e. The first-order chi connectivity index (χ1) is 20.8. The molecule has 10 heteroatoms. The minimum Gasteiger partial charge on any atom is -0.497 e. The molecule has 230 valence electrons. The van der Waals surface area contributed by atoms with E-state index >= 15 is 0 Å². The second-order valence-electron chi connectivity index (χ2n) is 12.3. The summed E-state index contributed by atoms with van der Waals surface area (Å²) < 4.78 is 35.6. The second kappa shape index (κ2) is 12.4. The number of aliphatic hydroxyl groups excluding tert-OH is 1. The minimum atomic E-state index is -4.03. The van der Waals surface area contributed by atoms with Gasteiger partial charge in [0.15, 0.2) is 0 Å². The first-order valence-corrected chi connectivity index (χ1v) is 17.0. The molecule has 1 unspecified atom stereocenters. The van der Waals surface area contributed by atoms with Crippen LogP contribution < -0.4 is 13.9 Å². The Hall–Kier alpha value is -3.21. The first-order valence-electron chi connectivity index (χ1n) is 15.5. The van der Waals surface area contributed by atoms with Gasteiger partial charge < -0.3 is 19.6 Å². The van der Waals surface area contributed by atoms with Crippen molar-refractivity contribution in [1.82, 2.24) is 14.9 Å². The third kappa shape index (κ3) is 5.97. The molecule has 2 fully saturated rings. The summed E-state index contributed by atoms with van der Waals surface area (Å²) in [5.41, 5.74) is 3.10. The number of hydrogen-bond donors (Lipinski definition) is 1. The highest BCUT2D eigenvalue weighted by atomic mass is 32.2. The molecule has 6 rings (SSSR count). The van der Waals surface area contributed by atoms with Crippen molar-refractivity contribution in [2.75, 3.05) is 49.0 Å². The van der Waals surface area contributed by atoms with Gasteiger partial charge in [0, 0.05) is 19.3 Å². The summed E-state index contributed by atoms with van der Waals surface area (Å²) in [6, 6.07) is 11.9. The van der Waals surface area contributed by atoms with Gasteiger partial charge >= 0.3 is 0 Å². The number of anilines is 2. The van der Waals surface area contributed by atoms with Crippen molar-refractivity contribution in [3.05, 3.63) is 71.0 Å². The van der Waals surface area contributed by atoms with Crippen LogP contribution in [0.5, 0.6) is 5.75 Å². The standard InChI is InChI=1S/C33H43N5O4S/c1-23-20-27(42-3)21-24(2)32(23)43(40,41)38-29-9-5-4-8-26(29)22-30(38)31(39)28-10-14-34-33(35-28)37-18-12-25(13-19-37)11-17-36-15-6-7-16-36/h4-5,8-10,14,20-21,25,30-31,39H,6-7,11-13,15-19,22H2,1-3H3/t30-,31?/m0/s1. The summed E-state index contributed by atoms with van der Waals surface area (Å²) >= 11 is 0. The summed E-state index contributed by atoms with van der Waals surface area (Å²) in [5, 5.41) is 11.8. The van der Waals surface area contributed by atoms with Crippen LogP contribution in [-0.4, -0.2) is 74.3 Å². The van der Waals surface area contributed by atoms with E-state index in [1.807, 2.05) is 24.3 Å². The zero-order chi connectivity index (χ0) is 30.1. The van der Waals surface area contributed by atoms with E-state index in [9.17, 15) is 13.5 Å². The lowest BCUT2D eigenvalue weighted by atomic mass is 9.93. The first kappa shape index (κ1) is 29.8. The average molecular weight is 606 g/mol. The number of para-hydroxylation sites is 1. The van der Waals surface area contributed by atoms with Crippen molar-refractivity contribution < 1.29 is 18.3 Å². The topological polar surface area (TPSA) is 99.1 Å². The number of aromatic nitrogens is 2. The van der Waals surface area contributed by atoms with Crippen molar-refractivity contribution in [2.45, 2.75) is 69.4 Å². The molecular formula is C33H43N5O4S. The molecule has 9 nitrogen and oxygen atoms in total. The number of fused-ring (bicyclic) bond motifs is 1. The third-order valence-corrected chi connectivity index (χ3v) is 11.6. The van der Waals surface area contributed by atoms with Gasteiger partial charge in [-0.3, -0.25) is 4.31 Å². The number of rotatable bonds is 9. The van der Waals surface area contributed by atoms with Gasteiger partial charge in [-0.15, -0.1) is 0 Å². The monoisotopic (exact) mass is 605 g/mol. The van der Waals surface area contributed by atoms with Crippen molar-refractivity contribution in [3.8, 4) is 5.75 Å². The van der Waals surface area contributed by atoms with Crippen LogP contribution in [0.1, 0.15) is 60.6 Å². The quantitative estimate of drug-likeness (QED) is 0.376. The van der Waals surface area contributed by atoms with E-state index in [2.05, 4.69) is 14.8 Å². The molecule has 0 saturated carbocycles. The molecule has 3 aliphatic rings. The summed E-state index contributed by atoms with van der Waals surface area (Å²) in [6.45, 7) is 9.01. The van der Waals surface area contributed by atoms with Crippen LogP contribution in [0.3, 0.4) is 0 Å². The number of benzene rings is 2. The molecule has 1 aromatic heterocycles. The molecule has 2 aromatic carbocycles. The lowest BCUT2D eigenvalue weighted by molar-refractivity contribution is 0.146. The van der Waals surface area contributed by atoms with Gasteiger partial charge in [-0.1, -0.05) is 18.2 Å². The fourth-order valence-electron chi connectivity index (χ4n) is 7.14. The lowest BCUT2D eigenvalue weighted by Crippen LogP contribution is -2.42. The minimum absolute atomic E-state index is 0.234. The highest BCUT2D eigenvalue weighted by molar-refractivity contribution is 7.93. The van der Waals surface area contributed by atoms with Gasteiger partial charge in [0.25, 0.3) is 10.0 Å². The van der Waals surface area contributed by atoms with E-state index < -0.39 is 22.2 Å². The Morgan fingerprint density at radius 2 is 1.72 bits per heavy atom. The number of aliphatic hydroxyl groups is 1. The molecule has 1 N–H and O–H groups in total. The Bertz CT molecular complexity index is 1530. The van der Waals surface area contributed by atoms with Crippen molar-refractivity contribution in [2.24, 2.45) is 5.92 Å². The molecule has 4 heterocycles. The molecule has 0 amide bonds. The van der Waals surface area contributed by atoms with E-state index in [4.69, 9.17) is 9.72 Å². The van der Waals surface area contributed by atoms with Gasteiger partial charge in [-0.25, -0.2) is 18.4 Å². The molecule has 0 aliphatic carbocycles. The van der Waals surface area contributed by atoms with Gasteiger partial charge in [0.05, 0.1) is 29.4 Å². The number of piperidine rings is 1. The van der Waals surface area contributed by atoms with Crippen molar-refractivity contribution >= 4 is 21.7 Å². The highest BCUT2D eigenvalue weighted by Gasteiger charge is 2.44. The third-order valence-electron chi connectivity index (χ3n) is 9.43. The molecule has 2 atom stereocenters. The van der Waals surface area contributed by atoms with Gasteiger partial charge in [-0.05, 0) is 119 Å². The molecular weight excluding hydrogens is 562 g/mol. The normalized spacial score (nSPS) is 20.4. The number of hydrogen-bond acceptors (Lipinski definition) is 8. The Morgan fingerprint density at radius 3 is 2.42 bits per heavy atom. The number of sulfonamides is 1. The summed E-state index contributed by atoms with van der Waals surface area (Å²) in [4.78, 5) is 14.4. The summed E-state index contributed by atoms with van der Waals surface area (Å²) in [6.07, 6.45) is 7.03. The van der Waals surface area contributed by atoms with E-state index in [0.717, 1.165) is 31.5 Å². The zero-order valence-electron chi connectivity index (χ0n) is 25.4. The highest BCUT2D eigenvalue weighted by Crippen LogP contribution is 2.42. The number of likely N-dealkylation sites (tertiary alicyclic amines) is 1. The van der Waals surface area contributed by atoms with Gasteiger partial charge in [0.2, 0.25) is 5.95 Å².